The van der Waals surface area contributed by atoms with Gasteiger partial charge in [0.15, 0.2) is 0 Å². The van der Waals surface area contributed by atoms with E-state index < -0.39 is 11.6 Å². The number of carboxylic acid groups (broad SMARTS) is 1. The minimum atomic E-state index is -1.35. The second-order valence-electron chi connectivity index (χ2n) is 3.12. The first kappa shape index (κ1) is 14.2. The van der Waals surface area contributed by atoms with Gasteiger partial charge in [-0.1, -0.05) is 30.3 Å². The van der Waals surface area contributed by atoms with Gasteiger partial charge in [0, 0.05) is 6.61 Å². The quantitative estimate of drug-likeness (QED) is 0.513. The number of carbonyl (C=O) groups excluding carboxylic acids is 1. The van der Waals surface area contributed by atoms with Gasteiger partial charge in [0.05, 0.1) is 5.97 Å². The van der Waals surface area contributed by atoms with Gasteiger partial charge in [-0.15, -0.1) is 0 Å². The zero-order valence-corrected chi connectivity index (χ0v) is 9.32. The molecule has 0 spiro atoms. The molecule has 0 bridgehead atoms. The molecule has 15 heavy (non-hydrogen) atoms. The van der Waals surface area contributed by atoms with Crippen molar-refractivity contribution in [1.29, 1.82) is 0 Å². The number of carbonyl (C=O) groups is 1. The molecule has 0 fully saturated rings. The molecule has 3 nitrogen and oxygen atoms in total. The molecule has 76 valence electrons. The van der Waals surface area contributed by atoms with E-state index in [2.05, 4.69) is 0 Å². The molecule has 0 aliphatic rings. The van der Waals surface area contributed by atoms with Crippen LogP contribution in [0.5, 0.6) is 0 Å². The predicted molar refractivity (Wildman–Crippen MR) is 50.4 cm³/mol. The summed E-state index contributed by atoms with van der Waals surface area (Å²) in [5.41, 5.74) is -0.752. The number of rotatable bonds is 4. The minimum absolute atomic E-state index is 0. The van der Waals surface area contributed by atoms with Crippen molar-refractivity contribution in [3.8, 4) is 0 Å². The smallest absolute Gasteiger partial charge is 0.547 e. The van der Waals surface area contributed by atoms with E-state index in [1.54, 1.807) is 31.2 Å². The van der Waals surface area contributed by atoms with Gasteiger partial charge in [-0.25, -0.2) is 0 Å². The Morgan fingerprint density at radius 1 is 1.40 bits per heavy atom. The maximum atomic E-state index is 11.0. The number of hydrogen-bond donors (Lipinski definition) is 0. The van der Waals surface area contributed by atoms with Gasteiger partial charge in [-0.05, 0) is 19.4 Å². The number of benzene rings is 1. The number of ether oxygens (including phenoxy) is 1. The Morgan fingerprint density at radius 2 is 1.93 bits per heavy atom. The molecule has 0 radical (unpaired) electrons. The Labute approximate surface area is 102 Å². The summed E-state index contributed by atoms with van der Waals surface area (Å²) in [4.78, 5) is 11.0. The van der Waals surface area contributed by atoms with Crippen molar-refractivity contribution in [2.45, 2.75) is 19.4 Å². The van der Waals surface area contributed by atoms with Crippen molar-refractivity contribution in [2.75, 3.05) is 6.61 Å². The van der Waals surface area contributed by atoms with E-state index in [0.29, 0.717) is 12.2 Å². The van der Waals surface area contributed by atoms with Crippen LogP contribution in [-0.2, 0) is 15.1 Å². The zero-order chi connectivity index (χ0) is 10.6. The van der Waals surface area contributed by atoms with Crippen LogP contribution in [0, 0.1) is 0 Å². The summed E-state index contributed by atoms with van der Waals surface area (Å²) < 4.78 is 5.21. The second kappa shape index (κ2) is 5.97. The van der Waals surface area contributed by atoms with Gasteiger partial charge >= 0.3 is 18.9 Å². The minimum Gasteiger partial charge on any atom is -0.547 e. The van der Waals surface area contributed by atoms with E-state index in [1.807, 2.05) is 6.07 Å². The fraction of sp³-hybridized carbons (Fsp3) is 0.364. The predicted octanol–water partition coefficient (Wildman–Crippen LogP) is -2.31. The van der Waals surface area contributed by atoms with Crippen LogP contribution < -0.4 is 24.0 Å². The molecule has 0 amide bonds. The Hall–Kier alpha value is -0.753. The van der Waals surface area contributed by atoms with Gasteiger partial charge < -0.3 is 14.6 Å². The Balaban J connectivity index is 0.00000196. The molecule has 4 heteroatoms. The van der Waals surface area contributed by atoms with E-state index in [1.165, 1.54) is 6.92 Å². The van der Waals surface area contributed by atoms with Gasteiger partial charge in [0.25, 0.3) is 0 Å². The van der Waals surface area contributed by atoms with Crippen molar-refractivity contribution in [1.82, 2.24) is 0 Å². The molecule has 0 N–H and O–H groups in total. The van der Waals surface area contributed by atoms with Crippen LogP contribution >= 0.6 is 0 Å². The summed E-state index contributed by atoms with van der Waals surface area (Å²) in [6.07, 6.45) is 0. The van der Waals surface area contributed by atoms with Crippen LogP contribution in [0.4, 0.5) is 0 Å². The largest absolute Gasteiger partial charge is 1.00 e. The molecule has 0 saturated carbocycles. The summed E-state index contributed by atoms with van der Waals surface area (Å²) in [5, 5.41) is 11.0. The monoisotopic (exact) mass is 200 g/mol. The van der Waals surface area contributed by atoms with Crippen LogP contribution in [0.15, 0.2) is 30.3 Å². The molecule has 0 saturated heterocycles. The average molecular weight is 200 g/mol. The van der Waals surface area contributed by atoms with E-state index in [9.17, 15) is 9.90 Å². The van der Waals surface area contributed by atoms with Gasteiger partial charge in [0.2, 0.25) is 0 Å². The van der Waals surface area contributed by atoms with E-state index in [4.69, 9.17) is 4.74 Å². The summed E-state index contributed by atoms with van der Waals surface area (Å²) in [7, 11) is 0. The average Bonchev–Trinajstić information content (AvgIpc) is 2.19. The number of hydrogen-bond acceptors (Lipinski definition) is 3. The first-order valence-corrected chi connectivity index (χ1v) is 4.52. The maximum absolute atomic E-state index is 11.0. The van der Waals surface area contributed by atoms with Crippen LogP contribution in [0.1, 0.15) is 19.4 Å². The fourth-order valence-electron chi connectivity index (χ4n) is 1.30. The molecular weight excluding hydrogens is 187 g/mol. The van der Waals surface area contributed by atoms with Crippen LogP contribution in [0.25, 0.3) is 0 Å². The molecular formula is C11H13LiO3. The molecule has 1 atom stereocenters. The van der Waals surface area contributed by atoms with Gasteiger partial charge in [-0.3, -0.25) is 0 Å². The molecule has 0 aromatic heterocycles. The molecule has 0 heterocycles. The zero-order valence-electron chi connectivity index (χ0n) is 9.32. The third-order valence-electron chi connectivity index (χ3n) is 2.15. The number of aliphatic carboxylic acids is 1. The topological polar surface area (TPSA) is 49.4 Å². The van der Waals surface area contributed by atoms with Crippen LogP contribution in [0.2, 0.25) is 0 Å². The summed E-state index contributed by atoms with van der Waals surface area (Å²) >= 11 is 0. The van der Waals surface area contributed by atoms with Gasteiger partial charge in [0.1, 0.15) is 5.60 Å². The Bertz CT molecular complexity index is 313. The molecule has 1 rings (SSSR count). The Morgan fingerprint density at radius 3 is 2.33 bits per heavy atom. The SMILES string of the molecule is CCOC(C)(C(=O)[O-])c1ccccc1.[Li+]. The van der Waals surface area contributed by atoms with Gasteiger partial charge in [-0.2, -0.15) is 0 Å². The summed E-state index contributed by atoms with van der Waals surface area (Å²) in [5.74, 6) is -1.22. The molecule has 1 unspecified atom stereocenters. The molecule has 1 aromatic carbocycles. The third kappa shape index (κ3) is 3.10. The van der Waals surface area contributed by atoms with Crippen molar-refractivity contribution >= 4 is 5.97 Å². The summed E-state index contributed by atoms with van der Waals surface area (Å²) in [6, 6.07) is 8.80. The normalized spacial score (nSPS) is 13.7. The number of carboxylic acids is 1. The standard InChI is InChI=1S/C11H14O3.Li/c1-3-14-11(2,10(12)13)9-7-5-4-6-8-9;/h4-8H,3H2,1-2H3,(H,12,13);/q;+1/p-1. The Kier molecular flexibility index (Phi) is 5.67. The first-order valence-electron chi connectivity index (χ1n) is 4.52. The summed E-state index contributed by atoms with van der Waals surface area (Å²) in [6.45, 7) is 3.59. The van der Waals surface area contributed by atoms with Crippen molar-refractivity contribution in [3.05, 3.63) is 35.9 Å². The van der Waals surface area contributed by atoms with Crippen LogP contribution in [-0.4, -0.2) is 12.6 Å². The first-order chi connectivity index (χ1) is 6.61. The fourth-order valence-corrected chi connectivity index (χ4v) is 1.30. The van der Waals surface area contributed by atoms with E-state index in [-0.39, 0.29) is 18.9 Å². The van der Waals surface area contributed by atoms with Crippen LogP contribution in [0.3, 0.4) is 0 Å². The van der Waals surface area contributed by atoms with Crippen molar-refractivity contribution in [2.24, 2.45) is 0 Å². The van der Waals surface area contributed by atoms with Crippen molar-refractivity contribution < 1.29 is 33.5 Å². The second-order valence-corrected chi connectivity index (χ2v) is 3.12. The van der Waals surface area contributed by atoms with E-state index >= 15 is 0 Å². The third-order valence-corrected chi connectivity index (χ3v) is 2.15. The maximum Gasteiger partial charge on any atom is 1.00 e. The molecule has 0 aliphatic carbocycles. The molecule has 1 aromatic rings. The van der Waals surface area contributed by atoms with Crippen molar-refractivity contribution in [3.63, 3.8) is 0 Å². The molecule has 0 aliphatic heterocycles. The van der Waals surface area contributed by atoms with E-state index in [0.717, 1.165) is 0 Å².